The molecule has 1 atom stereocenters. The van der Waals surface area contributed by atoms with E-state index >= 15 is 0 Å². The van der Waals surface area contributed by atoms with Gasteiger partial charge in [0.15, 0.2) is 5.82 Å². The summed E-state index contributed by atoms with van der Waals surface area (Å²) >= 11 is 0. The second-order valence-electron chi connectivity index (χ2n) is 6.76. The van der Waals surface area contributed by atoms with Crippen LogP contribution in [-0.2, 0) is 0 Å². The van der Waals surface area contributed by atoms with E-state index in [2.05, 4.69) is 25.7 Å². The molecule has 0 radical (unpaired) electrons. The second kappa shape index (κ2) is 6.78. The minimum Gasteiger partial charge on any atom is -0.507 e. The van der Waals surface area contributed by atoms with E-state index in [4.69, 9.17) is 4.52 Å². The molecule has 1 aliphatic rings. The van der Waals surface area contributed by atoms with Gasteiger partial charge in [-0.3, -0.25) is 4.79 Å². The van der Waals surface area contributed by atoms with Gasteiger partial charge in [0.05, 0.1) is 11.3 Å². The summed E-state index contributed by atoms with van der Waals surface area (Å²) in [5.74, 6) is 0.804. The molecule has 1 aromatic carbocycles. The minimum absolute atomic E-state index is 0.132. The predicted molar refractivity (Wildman–Crippen MR) is 92.2 cm³/mol. The lowest BCUT2D eigenvalue weighted by atomic mass is 10.1. The molecule has 0 saturated carbocycles. The van der Waals surface area contributed by atoms with Crippen LogP contribution in [0.4, 0.5) is 0 Å². The van der Waals surface area contributed by atoms with Gasteiger partial charge in [0.1, 0.15) is 18.1 Å². The maximum absolute atomic E-state index is 13.0. The normalized spacial score (nSPS) is 17.0. The fourth-order valence-electron chi connectivity index (χ4n) is 3.16. The van der Waals surface area contributed by atoms with E-state index in [0.29, 0.717) is 23.9 Å². The lowest BCUT2D eigenvalue weighted by Gasteiger charge is -2.22. The maximum atomic E-state index is 13.0. The topological polar surface area (TPSA) is 123 Å². The zero-order chi connectivity index (χ0) is 19.0. The Balaban J connectivity index is 1.59. The van der Waals surface area contributed by atoms with Crippen molar-refractivity contribution in [3.05, 3.63) is 41.8 Å². The Labute approximate surface area is 154 Å². The van der Waals surface area contributed by atoms with Gasteiger partial charge < -0.3 is 14.5 Å². The first kappa shape index (κ1) is 17.1. The van der Waals surface area contributed by atoms with Crippen molar-refractivity contribution >= 4 is 5.91 Å². The highest BCUT2D eigenvalue weighted by Gasteiger charge is 2.35. The van der Waals surface area contributed by atoms with Crippen molar-refractivity contribution < 1.29 is 14.4 Å². The van der Waals surface area contributed by atoms with Crippen molar-refractivity contribution in [2.75, 3.05) is 6.54 Å². The van der Waals surface area contributed by atoms with Crippen LogP contribution in [0.15, 0.2) is 29.0 Å². The van der Waals surface area contributed by atoms with E-state index in [1.807, 2.05) is 13.8 Å². The minimum atomic E-state index is -0.281. The van der Waals surface area contributed by atoms with Crippen molar-refractivity contribution in [2.24, 2.45) is 0 Å². The monoisotopic (exact) mass is 369 g/mol. The fourth-order valence-corrected chi connectivity index (χ4v) is 3.16. The number of hydrogen-bond donors (Lipinski definition) is 1. The summed E-state index contributed by atoms with van der Waals surface area (Å²) in [5, 5.41) is 25.3. The molecule has 10 nitrogen and oxygen atoms in total. The van der Waals surface area contributed by atoms with Gasteiger partial charge in [-0.05, 0) is 35.4 Å². The highest BCUT2D eigenvalue weighted by Crippen LogP contribution is 2.34. The molecule has 1 fully saturated rings. The van der Waals surface area contributed by atoms with Crippen LogP contribution in [0.2, 0.25) is 0 Å². The van der Waals surface area contributed by atoms with Gasteiger partial charge in [-0.1, -0.05) is 19.0 Å². The van der Waals surface area contributed by atoms with Gasteiger partial charge in [0, 0.05) is 18.5 Å². The third-order valence-corrected chi connectivity index (χ3v) is 4.60. The third kappa shape index (κ3) is 3.14. The Hall–Kier alpha value is -3.30. The van der Waals surface area contributed by atoms with Crippen LogP contribution >= 0.6 is 0 Å². The Morgan fingerprint density at radius 1 is 1.37 bits per heavy atom. The first-order valence-corrected chi connectivity index (χ1v) is 8.75. The number of phenols is 1. The number of amides is 1. The molecule has 140 valence electrons. The Kier molecular flexibility index (Phi) is 4.30. The van der Waals surface area contributed by atoms with Crippen LogP contribution in [-0.4, -0.2) is 52.8 Å². The molecule has 10 heteroatoms. The van der Waals surface area contributed by atoms with Crippen LogP contribution in [0, 0.1) is 0 Å². The van der Waals surface area contributed by atoms with E-state index in [1.54, 1.807) is 17.0 Å². The molecule has 27 heavy (non-hydrogen) atoms. The number of nitrogens with zero attached hydrogens (tertiary/aromatic N) is 7. The summed E-state index contributed by atoms with van der Waals surface area (Å²) in [7, 11) is 0. The van der Waals surface area contributed by atoms with Gasteiger partial charge in [0.2, 0.25) is 5.89 Å². The standard InChI is InChI=1S/C17H19N7O3/c1-10(2)15-19-16(27-20-15)13-4-3-7-23(13)17(26)12-6-5-11(8-14(12)25)24-9-18-21-22-24/h5-6,8-10,13,25H,3-4,7H2,1-2H3/t13-/m0/s1. The fraction of sp³-hybridized carbons (Fsp3) is 0.412. The number of hydrogen-bond acceptors (Lipinski definition) is 8. The second-order valence-corrected chi connectivity index (χ2v) is 6.76. The summed E-state index contributed by atoms with van der Waals surface area (Å²) in [6.45, 7) is 4.53. The van der Waals surface area contributed by atoms with E-state index in [-0.39, 0.29) is 29.2 Å². The van der Waals surface area contributed by atoms with Gasteiger partial charge in [-0.2, -0.15) is 4.98 Å². The lowest BCUT2D eigenvalue weighted by Crippen LogP contribution is -2.30. The highest BCUT2D eigenvalue weighted by molar-refractivity contribution is 5.97. The zero-order valence-electron chi connectivity index (χ0n) is 15.0. The maximum Gasteiger partial charge on any atom is 0.258 e. The highest BCUT2D eigenvalue weighted by atomic mass is 16.5. The van der Waals surface area contributed by atoms with Crippen LogP contribution in [0.3, 0.4) is 0 Å². The van der Waals surface area contributed by atoms with E-state index in [1.165, 1.54) is 17.1 Å². The van der Waals surface area contributed by atoms with Gasteiger partial charge in [-0.25, -0.2) is 4.68 Å². The molecule has 0 bridgehead atoms. The number of aromatic nitrogens is 6. The Morgan fingerprint density at radius 2 is 2.22 bits per heavy atom. The number of likely N-dealkylation sites (tertiary alicyclic amines) is 1. The van der Waals surface area contributed by atoms with Crippen LogP contribution in [0.25, 0.3) is 5.69 Å². The number of carbonyl (C=O) groups is 1. The first-order chi connectivity index (χ1) is 13.0. The molecule has 1 amide bonds. The van der Waals surface area contributed by atoms with Crippen LogP contribution in [0.1, 0.15) is 60.7 Å². The van der Waals surface area contributed by atoms with Crippen molar-refractivity contribution in [1.82, 2.24) is 35.2 Å². The number of benzene rings is 1. The van der Waals surface area contributed by atoms with Crippen LogP contribution < -0.4 is 0 Å². The van der Waals surface area contributed by atoms with Crippen molar-refractivity contribution in [2.45, 2.75) is 38.6 Å². The van der Waals surface area contributed by atoms with Gasteiger partial charge >= 0.3 is 0 Å². The molecule has 1 aliphatic heterocycles. The molecule has 0 spiro atoms. The number of aromatic hydroxyl groups is 1. The SMILES string of the molecule is CC(C)c1noc([C@@H]2CCCN2C(=O)c2ccc(-n3cnnn3)cc2O)n1. The molecule has 3 aromatic rings. The quantitative estimate of drug-likeness (QED) is 0.739. The van der Waals surface area contributed by atoms with Crippen molar-refractivity contribution in [1.29, 1.82) is 0 Å². The molecular formula is C17H19N7O3. The smallest absolute Gasteiger partial charge is 0.258 e. The van der Waals surface area contributed by atoms with E-state index < -0.39 is 0 Å². The summed E-state index contributed by atoms with van der Waals surface area (Å²) in [5.41, 5.74) is 0.771. The molecule has 4 rings (SSSR count). The van der Waals surface area contributed by atoms with Crippen molar-refractivity contribution in [3.63, 3.8) is 0 Å². The number of tetrazole rings is 1. The molecule has 3 heterocycles. The first-order valence-electron chi connectivity index (χ1n) is 8.75. The van der Waals surface area contributed by atoms with Crippen molar-refractivity contribution in [3.8, 4) is 11.4 Å². The number of rotatable bonds is 4. The number of carbonyl (C=O) groups excluding carboxylic acids is 1. The summed E-state index contributed by atoms with van der Waals surface area (Å²) in [4.78, 5) is 19.1. The van der Waals surface area contributed by atoms with Crippen LogP contribution in [0.5, 0.6) is 5.75 Å². The predicted octanol–water partition coefficient (Wildman–Crippen LogP) is 1.85. The molecule has 0 aliphatic carbocycles. The summed E-state index contributed by atoms with van der Waals surface area (Å²) in [6.07, 6.45) is 2.99. The Morgan fingerprint density at radius 3 is 2.89 bits per heavy atom. The summed E-state index contributed by atoms with van der Waals surface area (Å²) in [6, 6.07) is 4.42. The largest absolute Gasteiger partial charge is 0.507 e. The average Bonchev–Trinajstić information content (AvgIpc) is 3.41. The zero-order valence-corrected chi connectivity index (χ0v) is 15.0. The molecule has 0 unspecified atom stereocenters. The van der Waals surface area contributed by atoms with E-state index in [9.17, 15) is 9.90 Å². The lowest BCUT2D eigenvalue weighted by molar-refractivity contribution is 0.0707. The average molecular weight is 369 g/mol. The van der Waals surface area contributed by atoms with Gasteiger partial charge in [0.25, 0.3) is 5.91 Å². The Bertz CT molecular complexity index is 951. The molecule has 1 N–H and O–H groups in total. The molecular weight excluding hydrogens is 350 g/mol. The number of phenolic OH excluding ortho intramolecular Hbond substituents is 1. The summed E-state index contributed by atoms with van der Waals surface area (Å²) < 4.78 is 6.78. The third-order valence-electron chi connectivity index (χ3n) is 4.60. The van der Waals surface area contributed by atoms with E-state index in [0.717, 1.165) is 12.8 Å². The molecule has 2 aromatic heterocycles. The molecule has 1 saturated heterocycles. The van der Waals surface area contributed by atoms with Gasteiger partial charge in [-0.15, -0.1) is 5.10 Å².